The molecule has 42 heavy (non-hydrogen) atoms. The third-order valence-corrected chi connectivity index (χ3v) is 7.70. The van der Waals surface area contributed by atoms with Crippen LogP contribution in [0.5, 0.6) is 11.5 Å². The molecule has 3 aromatic rings. The van der Waals surface area contributed by atoms with Crippen molar-refractivity contribution in [1.29, 1.82) is 0 Å². The number of carbonyl (C=O) groups excluding carboxylic acids is 2. The maximum absolute atomic E-state index is 14.3. The average molecular weight is 596 g/mol. The Bertz CT molecular complexity index is 1470. The molecular weight excluding hydrogens is 554 g/mol. The van der Waals surface area contributed by atoms with E-state index in [1.165, 1.54) is 25.2 Å². The van der Waals surface area contributed by atoms with Gasteiger partial charge in [-0.05, 0) is 51.0 Å². The molecule has 0 radical (unpaired) electrons. The van der Waals surface area contributed by atoms with Crippen LogP contribution < -0.4 is 19.1 Å². The summed E-state index contributed by atoms with van der Waals surface area (Å²) in [5, 5.41) is 3.02. The fourth-order valence-electron chi connectivity index (χ4n) is 4.48. The first-order valence-electron chi connectivity index (χ1n) is 13.6. The molecule has 10 heteroatoms. The monoisotopic (exact) mass is 595 g/mol. The molecule has 0 bridgehead atoms. The van der Waals surface area contributed by atoms with Crippen LogP contribution >= 0.6 is 0 Å². The maximum atomic E-state index is 14.3. The molecule has 9 nitrogen and oxygen atoms in total. The Balaban J connectivity index is 2.12. The molecular formula is C32H41N3O6S. The van der Waals surface area contributed by atoms with Gasteiger partial charge in [-0.25, -0.2) is 8.42 Å². The molecule has 1 N–H and O–H groups in total. The number of carbonyl (C=O) groups is 2. The van der Waals surface area contributed by atoms with Gasteiger partial charge in [0.2, 0.25) is 21.8 Å². The number of anilines is 1. The number of ether oxygens (including phenoxy) is 2. The fourth-order valence-corrected chi connectivity index (χ4v) is 5.33. The first-order chi connectivity index (χ1) is 19.7. The molecule has 1 unspecified atom stereocenters. The zero-order chi connectivity index (χ0) is 31.1. The molecule has 1 atom stereocenters. The van der Waals surface area contributed by atoms with E-state index in [1.54, 1.807) is 12.1 Å². The van der Waals surface area contributed by atoms with Crippen molar-refractivity contribution in [2.75, 3.05) is 31.3 Å². The summed E-state index contributed by atoms with van der Waals surface area (Å²) >= 11 is 0. The van der Waals surface area contributed by atoms with E-state index in [1.807, 2.05) is 82.3 Å². The topological polar surface area (TPSA) is 105 Å². The van der Waals surface area contributed by atoms with E-state index < -0.39 is 34.1 Å². The highest BCUT2D eigenvalue weighted by Crippen LogP contribution is 2.34. The molecule has 0 aliphatic carbocycles. The van der Waals surface area contributed by atoms with Crippen molar-refractivity contribution in [2.24, 2.45) is 0 Å². The van der Waals surface area contributed by atoms with Crippen LogP contribution in [-0.4, -0.2) is 63.7 Å². The Morgan fingerprint density at radius 3 is 2.10 bits per heavy atom. The Kier molecular flexibility index (Phi) is 10.6. The van der Waals surface area contributed by atoms with Gasteiger partial charge in [-0.3, -0.25) is 13.9 Å². The number of nitrogens with zero attached hydrogens (tertiary/aromatic N) is 2. The number of hydrogen-bond donors (Lipinski definition) is 1. The van der Waals surface area contributed by atoms with Crippen molar-refractivity contribution in [3.8, 4) is 11.5 Å². The minimum absolute atomic E-state index is 0.0982. The Hall–Kier alpha value is -4.05. The van der Waals surface area contributed by atoms with Crippen molar-refractivity contribution in [3.05, 3.63) is 89.5 Å². The Labute approximate surface area is 249 Å². The van der Waals surface area contributed by atoms with Gasteiger partial charge in [-0.15, -0.1) is 0 Å². The number of amides is 2. The number of nitrogens with one attached hydrogen (secondary N) is 1. The standard InChI is InChI=1S/C32H41N3O6S/c1-23-13-15-25(16-14-23)21-34(28(31(37)33-32(2,3)4)19-24-11-9-8-10-12-24)30(36)22-35(42(7,38)39)27-20-26(40-5)17-18-29(27)41-6/h8-18,20,28H,19,21-22H2,1-7H3,(H,33,37). The third-order valence-electron chi connectivity index (χ3n) is 6.58. The largest absolute Gasteiger partial charge is 0.497 e. The van der Waals surface area contributed by atoms with Crippen molar-refractivity contribution in [3.63, 3.8) is 0 Å². The average Bonchev–Trinajstić information content (AvgIpc) is 2.93. The fraction of sp³-hybridized carbons (Fsp3) is 0.375. The molecule has 0 heterocycles. The van der Waals surface area contributed by atoms with Gasteiger partial charge < -0.3 is 19.7 Å². The lowest BCUT2D eigenvalue weighted by Crippen LogP contribution is -2.56. The highest BCUT2D eigenvalue weighted by Gasteiger charge is 2.35. The van der Waals surface area contributed by atoms with Crippen molar-refractivity contribution < 1.29 is 27.5 Å². The molecule has 226 valence electrons. The summed E-state index contributed by atoms with van der Waals surface area (Å²) in [6, 6.07) is 20.9. The first kappa shape index (κ1) is 32.5. The molecule has 0 saturated carbocycles. The molecule has 3 rings (SSSR count). The summed E-state index contributed by atoms with van der Waals surface area (Å²) in [6.07, 6.45) is 1.26. The van der Waals surface area contributed by atoms with E-state index in [2.05, 4.69) is 5.32 Å². The number of aryl methyl sites for hydroxylation is 1. The van der Waals surface area contributed by atoms with E-state index in [0.29, 0.717) is 5.75 Å². The van der Waals surface area contributed by atoms with Crippen LogP contribution in [0.25, 0.3) is 0 Å². The maximum Gasteiger partial charge on any atom is 0.244 e. The zero-order valence-corrected chi connectivity index (χ0v) is 26.2. The molecule has 0 spiro atoms. The van der Waals surface area contributed by atoms with Gasteiger partial charge in [0.1, 0.15) is 24.1 Å². The molecule has 0 aromatic heterocycles. The summed E-state index contributed by atoms with van der Waals surface area (Å²) in [7, 11) is -1.08. The van der Waals surface area contributed by atoms with Crippen molar-refractivity contribution in [1.82, 2.24) is 10.2 Å². The van der Waals surface area contributed by atoms with Gasteiger partial charge in [-0.2, -0.15) is 0 Å². The molecule has 0 aliphatic heterocycles. The van der Waals surface area contributed by atoms with Crippen LogP contribution in [0.4, 0.5) is 5.69 Å². The van der Waals surface area contributed by atoms with Crippen molar-refractivity contribution >= 4 is 27.5 Å². The summed E-state index contributed by atoms with van der Waals surface area (Å²) in [4.78, 5) is 29.5. The Morgan fingerprint density at radius 2 is 1.55 bits per heavy atom. The lowest BCUT2D eigenvalue weighted by atomic mass is 10.0. The highest BCUT2D eigenvalue weighted by atomic mass is 32.2. The minimum atomic E-state index is -3.97. The van der Waals surface area contributed by atoms with Crippen LogP contribution in [0, 0.1) is 6.92 Å². The van der Waals surface area contributed by atoms with Gasteiger partial charge in [0.05, 0.1) is 26.2 Å². The number of hydrogen-bond acceptors (Lipinski definition) is 6. The molecule has 0 fully saturated rings. The first-order valence-corrected chi connectivity index (χ1v) is 15.5. The Morgan fingerprint density at radius 1 is 0.905 bits per heavy atom. The smallest absolute Gasteiger partial charge is 0.244 e. The van der Waals surface area contributed by atoms with Crippen molar-refractivity contribution in [2.45, 2.75) is 52.2 Å². The summed E-state index contributed by atoms with van der Waals surface area (Å²) in [5.41, 5.74) is 2.32. The van der Waals surface area contributed by atoms with E-state index >= 15 is 0 Å². The van der Waals surface area contributed by atoms with E-state index in [-0.39, 0.29) is 30.3 Å². The second-order valence-corrected chi connectivity index (χ2v) is 13.2. The number of sulfonamides is 1. The van der Waals surface area contributed by atoms with Gasteiger partial charge in [0.25, 0.3) is 0 Å². The number of rotatable bonds is 12. The van der Waals surface area contributed by atoms with Crippen LogP contribution in [0.1, 0.15) is 37.5 Å². The summed E-state index contributed by atoms with van der Waals surface area (Å²) < 4.78 is 38.0. The lowest BCUT2D eigenvalue weighted by molar-refractivity contribution is -0.140. The van der Waals surface area contributed by atoms with Crippen LogP contribution in [0.2, 0.25) is 0 Å². The van der Waals surface area contributed by atoms with Crippen LogP contribution in [-0.2, 0) is 32.6 Å². The summed E-state index contributed by atoms with van der Waals surface area (Å²) in [6.45, 7) is 7.13. The van der Waals surface area contributed by atoms with E-state index in [0.717, 1.165) is 27.3 Å². The number of benzene rings is 3. The SMILES string of the molecule is COc1ccc(OC)c(N(CC(=O)N(Cc2ccc(C)cc2)C(Cc2ccccc2)C(=O)NC(C)(C)C)S(C)(=O)=O)c1. The lowest BCUT2D eigenvalue weighted by Gasteiger charge is -2.35. The number of methoxy groups -OCH3 is 2. The van der Waals surface area contributed by atoms with Crippen LogP contribution in [0.15, 0.2) is 72.8 Å². The van der Waals surface area contributed by atoms with Gasteiger partial charge in [0, 0.05) is 24.6 Å². The summed E-state index contributed by atoms with van der Waals surface area (Å²) in [5.74, 6) is -0.229. The van der Waals surface area contributed by atoms with Gasteiger partial charge in [-0.1, -0.05) is 60.2 Å². The third kappa shape index (κ3) is 8.97. The van der Waals surface area contributed by atoms with E-state index in [9.17, 15) is 18.0 Å². The molecule has 0 aliphatic rings. The van der Waals surface area contributed by atoms with E-state index in [4.69, 9.17) is 9.47 Å². The zero-order valence-electron chi connectivity index (χ0n) is 25.4. The second kappa shape index (κ2) is 13.7. The molecule has 0 saturated heterocycles. The van der Waals surface area contributed by atoms with Gasteiger partial charge in [0.15, 0.2) is 0 Å². The molecule has 2 amide bonds. The normalized spacial score (nSPS) is 12.3. The minimum Gasteiger partial charge on any atom is -0.497 e. The van der Waals surface area contributed by atoms with Crippen LogP contribution in [0.3, 0.4) is 0 Å². The quantitative estimate of drug-likeness (QED) is 0.334. The second-order valence-electron chi connectivity index (χ2n) is 11.3. The predicted molar refractivity (Wildman–Crippen MR) is 165 cm³/mol. The molecule has 3 aromatic carbocycles. The van der Waals surface area contributed by atoms with Gasteiger partial charge >= 0.3 is 0 Å². The highest BCUT2D eigenvalue weighted by molar-refractivity contribution is 7.92. The predicted octanol–water partition coefficient (Wildman–Crippen LogP) is 4.33.